The van der Waals surface area contributed by atoms with Crippen LogP contribution in [0.5, 0.6) is 0 Å². The van der Waals surface area contributed by atoms with Crippen LogP contribution in [0.3, 0.4) is 0 Å². The van der Waals surface area contributed by atoms with Gasteiger partial charge in [0.25, 0.3) is 5.91 Å². The van der Waals surface area contributed by atoms with Gasteiger partial charge in [-0.3, -0.25) is 9.89 Å². The highest BCUT2D eigenvalue weighted by atomic mass is 35.5. The molecule has 1 aliphatic rings. The minimum atomic E-state index is 0. The lowest BCUT2D eigenvalue weighted by molar-refractivity contribution is 0.0735. The van der Waals surface area contributed by atoms with Gasteiger partial charge in [-0.1, -0.05) is 13.8 Å². The molecule has 5 nitrogen and oxygen atoms in total. The summed E-state index contributed by atoms with van der Waals surface area (Å²) in [5.41, 5.74) is 7.18. The summed E-state index contributed by atoms with van der Waals surface area (Å²) in [7, 11) is 0. The Morgan fingerprint density at radius 2 is 2.39 bits per heavy atom. The van der Waals surface area contributed by atoms with E-state index in [1.807, 2.05) is 11.0 Å². The zero-order valence-corrected chi connectivity index (χ0v) is 11.7. The maximum Gasteiger partial charge on any atom is 0.274 e. The number of aromatic amines is 1. The molecule has 1 amide bonds. The molecule has 1 aromatic heterocycles. The van der Waals surface area contributed by atoms with Gasteiger partial charge in [0.15, 0.2) is 0 Å². The number of nitrogens with one attached hydrogen (secondary N) is 1. The average Bonchev–Trinajstić information content (AvgIpc) is 2.96. The fourth-order valence-electron chi connectivity index (χ4n) is 2.24. The molecule has 2 heterocycles. The molecule has 0 spiro atoms. The van der Waals surface area contributed by atoms with Crippen molar-refractivity contribution in [2.75, 3.05) is 13.1 Å². The van der Waals surface area contributed by atoms with Crippen molar-refractivity contribution in [1.29, 1.82) is 0 Å². The van der Waals surface area contributed by atoms with Crippen LogP contribution in [0.2, 0.25) is 0 Å². The van der Waals surface area contributed by atoms with Crippen LogP contribution in [0.4, 0.5) is 0 Å². The second-order valence-corrected chi connectivity index (χ2v) is 4.89. The zero-order chi connectivity index (χ0) is 12.4. The van der Waals surface area contributed by atoms with Crippen molar-refractivity contribution in [3.63, 3.8) is 0 Å². The molecular formula is C12H21ClN4O. The van der Waals surface area contributed by atoms with E-state index in [1.165, 1.54) is 0 Å². The smallest absolute Gasteiger partial charge is 0.274 e. The summed E-state index contributed by atoms with van der Waals surface area (Å²) in [4.78, 5) is 14.1. The van der Waals surface area contributed by atoms with Crippen molar-refractivity contribution >= 4 is 18.3 Å². The Kier molecular flexibility index (Phi) is 5.16. The first-order valence-electron chi connectivity index (χ1n) is 6.19. The first kappa shape index (κ1) is 15.0. The van der Waals surface area contributed by atoms with Gasteiger partial charge in [0.05, 0.1) is 0 Å². The molecule has 1 fully saturated rings. The third-order valence-electron chi connectivity index (χ3n) is 3.35. The molecule has 1 atom stereocenters. The highest BCUT2D eigenvalue weighted by Gasteiger charge is 2.29. The van der Waals surface area contributed by atoms with E-state index in [9.17, 15) is 4.79 Å². The van der Waals surface area contributed by atoms with E-state index in [-0.39, 0.29) is 24.4 Å². The minimum absolute atomic E-state index is 0. The van der Waals surface area contributed by atoms with Crippen LogP contribution in [-0.4, -0.2) is 40.1 Å². The van der Waals surface area contributed by atoms with Gasteiger partial charge in [-0.25, -0.2) is 0 Å². The molecule has 2 rings (SSSR count). The first-order valence-corrected chi connectivity index (χ1v) is 6.19. The molecule has 0 bridgehead atoms. The normalized spacial score (nSPS) is 19.1. The summed E-state index contributed by atoms with van der Waals surface area (Å²) in [6.45, 7) is 5.47. The number of carbonyl (C=O) groups excluding carboxylic acids is 1. The summed E-state index contributed by atoms with van der Waals surface area (Å²) in [5, 5.41) is 7.01. The van der Waals surface area contributed by atoms with Gasteiger partial charge in [-0.05, 0) is 24.8 Å². The van der Waals surface area contributed by atoms with E-state index < -0.39 is 0 Å². The summed E-state index contributed by atoms with van der Waals surface area (Å²) in [6, 6.07) is 2.03. The number of hydrogen-bond acceptors (Lipinski definition) is 3. The number of nitrogens with zero attached hydrogens (tertiary/aromatic N) is 2. The number of hydrogen-bond donors (Lipinski definition) is 2. The Morgan fingerprint density at radius 1 is 1.67 bits per heavy atom. The highest BCUT2D eigenvalue weighted by Crippen LogP contribution is 2.20. The second-order valence-electron chi connectivity index (χ2n) is 4.89. The minimum Gasteiger partial charge on any atom is -0.333 e. The molecule has 0 saturated carbocycles. The number of rotatable bonds is 3. The molecule has 102 valence electrons. The van der Waals surface area contributed by atoms with Crippen molar-refractivity contribution in [2.24, 2.45) is 5.73 Å². The monoisotopic (exact) mass is 272 g/mol. The second kappa shape index (κ2) is 6.20. The van der Waals surface area contributed by atoms with Gasteiger partial charge in [0.1, 0.15) is 5.69 Å². The Balaban J connectivity index is 0.00000162. The summed E-state index contributed by atoms with van der Waals surface area (Å²) >= 11 is 0. The van der Waals surface area contributed by atoms with E-state index in [2.05, 4.69) is 24.0 Å². The third kappa shape index (κ3) is 2.84. The lowest BCUT2D eigenvalue weighted by atomic mass is 10.1. The van der Waals surface area contributed by atoms with E-state index in [0.29, 0.717) is 18.2 Å². The summed E-state index contributed by atoms with van der Waals surface area (Å²) < 4.78 is 0. The van der Waals surface area contributed by atoms with Crippen LogP contribution >= 0.6 is 12.4 Å². The SMILES string of the molecule is CC(C)c1cc(C(=O)N2CCCC2CN)n[nH]1.Cl. The fraction of sp³-hybridized carbons (Fsp3) is 0.667. The predicted molar refractivity (Wildman–Crippen MR) is 73.0 cm³/mol. The molecule has 1 aliphatic heterocycles. The van der Waals surface area contributed by atoms with Crippen LogP contribution in [-0.2, 0) is 0 Å². The van der Waals surface area contributed by atoms with Crippen molar-refractivity contribution in [3.05, 3.63) is 17.5 Å². The maximum absolute atomic E-state index is 12.2. The molecule has 1 saturated heterocycles. The summed E-state index contributed by atoms with van der Waals surface area (Å²) in [5.74, 6) is 0.356. The molecule has 6 heteroatoms. The standard InChI is InChI=1S/C12H20N4O.ClH/c1-8(2)10-6-11(15-14-10)12(17)16-5-3-4-9(16)7-13;/h6,8-9H,3-5,7,13H2,1-2H3,(H,14,15);1H. The van der Waals surface area contributed by atoms with Crippen molar-refractivity contribution in [3.8, 4) is 0 Å². The molecule has 0 aromatic carbocycles. The van der Waals surface area contributed by atoms with Gasteiger partial charge < -0.3 is 10.6 Å². The predicted octanol–water partition coefficient (Wildman–Crippen LogP) is 1.52. The molecule has 1 unspecified atom stereocenters. The molecule has 18 heavy (non-hydrogen) atoms. The van der Waals surface area contributed by atoms with E-state index >= 15 is 0 Å². The van der Waals surface area contributed by atoms with Gasteiger partial charge in [-0.15, -0.1) is 12.4 Å². The van der Waals surface area contributed by atoms with Gasteiger partial charge in [-0.2, -0.15) is 5.10 Å². The Morgan fingerprint density at radius 3 is 2.94 bits per heavy atom. The highest BCUT2D eigenvalue weighted by molar-refractivity contribution is 5.92. The van der Waals surface area contributed by atoms with Crippen LogP contribution in [0, 0.1) is 0 Å². The number of carbonyl (C=O) groups is 1. The Labute approximate surface area is 114 Å². The largest absolute Gasteiger partial charge is 0.333 e. The lowest BCUT2D eigenvalue weighted by Gasteiger charge is -2.22. The third-order valence-corrected chi connectivity index (χ3v) is 3.35. The Hall–Kier alpha value is -1.07. The molecule has 0 aliphatic carbocycles. The van der Waals surface area contributed by atoms with Gasteiger partial charge >= 0.3 is 0 Å². The maximum atomic E-state index is 12.2. The Bertz CT molecular complexity index is 405. The lowest BCUT2D eigenvalue weighted by Crippen LogP contribution is -2.40. The van der Waals surface area contributed by atoms with Crippen molar-refractivity contribution in [2.45, 2.75) is 38.6 Å². The zero-order valence-electron chi connectivity index (χ0n) is 10.8. The first-order chi connectivity index (χ1) is 8.13. The van der Waals surface area contributed by atoms with Gasteiger partial charge in [0.2, 0.25) is 0 Å². The van der Waals surface area contributed by atoms with Crippen LogP contribution < -0.4 is 5.73 Å². The summed E-state index contributed by atoms with van der Waals surface area (Å²) in [6.07, 6.45) is 2.04. The number of likely N-dealkylation sites (tertiary alicyclic amines) is 1. The van der Waals surface area contributed by atoms with E-state index in [1.54, 1.807) is 0 Å². The van der Waals surface area contributed by atoms with Crippen molar-refractivity contribution < 1.29 is 4.79 Å². The topological polar surface area (TPSA) is 75.0 Å². The molecule has 1 aromatic rings. The number of aromatic nitrogens is 2. The fourth-order valence-corrected chi connectivity index (χ4v) is 2.24. The van der Waals surface area contributed by atoms with Crippen LogP contribution in [0.25, 0.3) is 0 Å². The van der Waals surface area contributed by atoms with Crippen molar-refractivity contribution in [1.82, 2.24) is 15.1 Å². The number of amides is 1. The molecular weight excluding hydrogens is 252 g/mol. The average molecular weight is 273 g/mol. The molecule has 0 radical (unpaired) electrons. The van der Waals surface area contributed by atoms with Crippen LogP contribution in [0.1, 0.15) is 48.8 Å². The quantitative estimate of drug-likeness (QED) is 0.876. The van der Waals surface area contributed by atoms with E-state index in [0.717, 1.165) is 25.1 Å². The number of nitrogens with two attached hydrogens (primary N) is 1. The van der Waals surface area contributed by atoms with Gasteiger partial charge in [0, 0.05) is 24.8 Å². The number of H-pyrrole nitrogens is 1. The molecule has 3 N–H and O–H groups in total. The number of halogens is 1. The van der Waals surface area contributed by atoms with E-state index in [4.69, 9.17) is 5.73 Å². The van der Waals surface area contributed by atoms with Crippen LogP contribution in [0.15, 0.2) is 6.07 Å².